The first-order valence-electron chi connectivity index (χ1n) is 12.3. The molecular formula is C29H27N3O4. The number of esters is 1. The maximum absolute atomic E-state index is 13.3. The minimum Gasteiger partial charge on any atom is -0.508 e. The third-order valence-corrected chi connectivity index (χ3v) is 7.01. The molecule has 5 rings (SSSR count). The molecule has 2 aliphatic rings. The number of nitrogens with one attached hydrogen (secondary N) is 1. The van der Waals surface area contributed by atoms with E-state index in [0.717, 1.165) is 41.7 Å². The van der Waals surface area contributed by atoms with Gasteiger partial charge in [-0.1, -0.05) is 49.6 Å². The van der Waals surface area contributed by atoms with Crippen molar-refractivity contribution in [1.29, 1.82) is 5.26 Å². The van der Waals surface area contributed by atoms with E-state index in [1.165, 1.54) is 0 Å². The van der Waals surface area contributed by atoms with E-state index < -0.39 is 24.0 Å². The van der Waals surface area contributed by atoms with Crippen molar-refractivity contribution in [2.24, 2.45) is 0 Å². The highest BCUT2D eigenvalue weighted by Crippen LogP contribution is 2.38. The van der Waals surface area contributed by atoms with E-state index in [4.69, 9.17) is 9.72 Å². The maximum Gasteiger partial charge on any atom is 0.339 e. The number of nitriles is 1. The number of fused-ring (bicyclic) bond motifs is 2. The van der Waals surface area contributed by atoms with Crippen LogP contribution in [0.15, 0.2) is 48.5 Å². The summed E-state index contributed by atoms with van der Waals surface area (Å²) in [5.74, 6) is -0.832. The molecule has 2 aromatic carbocycles. The zero-order chi connectivity index (χ0) is 25.1. The topological polar surface area (TPSA) is 112 Å². The molecule has 1 amide bonds. The van der Waals surface area contributed by atoms with Gasteiger partial charge in [0.1, 0.15) is 11.3 Å². The number of ether oxygens (including phenoxy) is 1. The lowest BCUT2D eigenvalue weighted by atomic mass is 9.83. The number of amides is 1. The van der Waals surface area contributed by atoms with Crippen molar-refractivity contribution < 1.29 is 19.4 Å². The third-order valence-electron chi connectivity index (χ3n) is 7.01. The maximum atomic E-state index is 13.3. The van der Waals surface area contributed by atoms with Crippen molar-refractivity contribution in [2.75, 3.05) is 6.61 Å². The molecule has 7 nitrogen and oxygen atoms in total. The van der Waals surface area contributed by atoms with Crippen LogP contribution in [0.4, 0.5) is 0 Å². The second-order valence-corrected chi connectivity index (χ2v) is 9.47. The molecule has 1 saturated carbocycles. The van der Waals surface area contributed by atoms with Crippen molar-refractivity contribution in [3.8, 4) is 11.8 Å². The SMILES string of the molecule is N#CC1(NC(=O)COC(=O)c2c3c(nc4ccccc24)/C(=C/c2ccc(O)cc2)CC3)CCCCC1. The molecule has 1 aromatic heterocycles. The van der Waals surface area contributed by atoms with E-state index in [0.29, 0.717) is 42.1 Å². The van der Waals surface area contributed by atoms with E-state index in [2.05, 4.69) is 11.4 Å². The zero-order valence-electron chi connectivity index (χ0n) is 19.9. The summed E-state index contributed by atoms with van der Waals surface area (Å²) in [5.41, 5.74) is 3.73. The van der Waals surface area contributed by atoms with E-state index in [-0.39, 0.29) is 5.75 Å². The second kappa shape index (κ2) is 9.82. The number of allylic oxidation sites excluding steroid dienone is 1. The predicted molar refractivity (Wildman–Crippen MR) is 136 cm³/mol. The van der Waals surface area contributed by atoms with Crippen LogP contribution in [-0.4, -0.2) is 34.1 Å². The van der Waals surface area contributed by atoms with Gasteiger partial charge in [-0.05, 0) is 66.7 Å². The van der Waals surface area contributed by atoms with Gasteiger partial charge >= 0.3 is 5.97 Å². The number of carbonyl (C=O) groups is 2. The van der Waals surface area contributed by atoms with E-state index in [1.54, 1.807) is 12.1 Å². The third kappa shape index (κ3) is 4.67. The monoisotopic (exact) mass is 481 g/mol. The zero-order valence-corrected chi connectivity index (χ0v) is 19.9. The van der Waals surface area contributed by atoms with Crippen LogP contribution in [0.3, 0.4) is 0 Å². The number of phenols is 1. The van der Waals surface area contributed by atoms with Crippen molar-refractivity contribution in [2.45, 2.75) is 50.5 Å². The van der Waals surface area contributed by atoms with Gasteiger partial charge in [0.2, 0.25) is 0 Å². The lowest BCUT2D eigenvalue weighted by Gasteiger charge is -2.31. The largest absolute Gasteiger partial charge is 0.508 e. The molecule has 0 atom stereocenters. The van der Waals surface area contributed by atoms with Crippen molar-refractivity contribution in [1.82, 2.24) is 10.3 Å². The first-order chi connectivity index (χ1) is 17.5. The standard InChI is InChI=1S/C29H27N3O4/c30-18-29(14-4-1-5-15-29)32-25(34)17-36-28(35)26-22-6-2-3-7-24(22)31-27-20(10-13-23(26)27)16-19-8-11-21(33)12-9-19/h2-3,6-9,11-12,16,33H,1,4-5,10,13-15,17H2,(H,32,34)/b20-16+. The summed E-state index contributed by atoms with van der Waals surface area (Å²) in [4.78, 5) is 30.8. The number of nitrogens with zero attached hydrogens (tertiary/aromatic N) is 2. The fourth-order valence-electron chi connectivity index (χ4n) is 5.21. The number of carbonyl (C=O) groups excluding carboxylic acids is 2. The number of phenolic OH excluding ortho intramolecular Hbond substituents is 1. The number of pyridine rings is 1. The summed E-state index contributed by atoms with van der Waals surface area (Å²) in [5, 5.41) is 22.7. The van der Waals surface area contributed by atoms with Gasteiger partial charge in [0.25, 0.3) is 5.91 Å². The van der Waals surface area contributed by atoms with Crippen molar-refractivity contribution in [3.63, 3.8) is 0 Å². The van der Waals surface area contributed by atoms with Gasteiger partial charge in [-0.15, -0.1) is 0 Å². The highest BCUT2D eigenvalue weighted by atomic mass is 16.5. The normalized spacial score (nSPS) is 17.4. The Hall–Kier alpha value is -4.18. The van der Waals surface area contributed by atoms with Gasteiger partial charge in [-0.2, -0.15) is 5.26 Å². The minimum atomic E-state index is -0.875. The smallest absolute Gasteiger partial charge is 0.339 e. The van der Waals surface area contributed by atoms with Gasteiger partial charge in [-0.3, -0.25) is 4.79 Å². The Labute approximate surface area is 209 Å². The number of para-hydroxylation sites is 1. The van der Waals surface area contributed by atoms with Crippen LogP contribution >= 0.6 is 0 Å². The highest BCUT2D eigenvalue weighted by Gasteiger charge is 2.34. The molecule has 182 valence electrons. The molecule has 0 aliphatic heterocycles. The number of hydrogen-bond acceptors (Lipinski definition) is 6. The Bertz CT molecular complexity index is 1400. The van der Waals surface area contributed by atoms with Crippen LogP contribution in [0.2, 0.25) is 0 Å². The van der Waals surface area contributed by atoms with Gasteiger partial charge in [0, 0.05) is 5.39 Å². The van der Waals surface area contributed by atoms with Gasteiger partial charge < -0.3 is 15.2 Å². The molecule has 2 aliphatic carbocycles. The van der Waals surface area contributed by atoms with E-state index in [9.17, 15) is 20.0 Å². The quantitative estimate of drug-likeness (QED) is 0.500. The first kappa shape index (κ1) is 23.6. The van der Waals surface area contributed by atoms with Crippen LogP contribution in [0, 0.1) is 11.3 Å². The lowest BCUT2D eigenvalue weighted by molar-refractivity contribution is -0.125. The second-order valence-electron chi connectivity index (χ2n) is 9.47. The lowest BCUT2D eigenvalue weighted by Crippen LogP contribution is -2.50. The fraction of sp³-hybridized carbons (Fsp3) is 0.310. The van der Waals surface area contributed by atoms with Crippen LogP contribution in [0.5, 0.6) is 5.75 Å². The van der Waals surface area contributed by atoms with Crippen LogP contribution < -0.4 is 5.32 Å². The van der Waals surface area contributed by atoms with Crippen molar-refractivity contribution in [3.05, 3.63) is 70.9 Å². The number of hydrogen-bond donors (Lipinski definition) is 2. The molecule has 2 N–H and O–H groups in total. The molecule has 0 saturated heterocycles. The molecule has 1 heterocycles. The van der Waals surface area contributed by atoms with Crippen molar-refractivity contribution >= 4 is 34.4 Å². The molecule has 0 unspecified atom stereocenters. The summed E-state index contributed by atoms with van der Waals surface area (Å²) in [6.07, 6.45) is 7.42. The minimum absolute atomic E-state index is 0.200. The Morgan fingerprint density at radius 2 is 1.83 bits per heavy atom. The molecule has 0 spiro atoms. The predicted octanol–water partition coefficient (Wildman–Crippen LogP) is 4.93. The summed E-state index contributed by atoms with van der Waals surface area (Å²) in [6.45, 7) is -0.441. The first-order valence-corrected chi connectivity index (χ1v) is 12.3. The van der Waals surface area contributed by atoms with Gasteiger partial charge in [-0.25, -0.2) is 9.78 Å². The molecular weight excluding hydrogens is 454 g/mol. The van der Waals surface area contributed by atoms with E-state index in [1.807, 2.05) is 42.5 Å². The Morgan fingerprint density at radius 1 is 1.08 bits per heavy atom. The van der Waals surface area contributed by atoms with Crippen LogP contribution in [-0.2, 0) is 16.0 Å². The summed E-state index contributed by atoms with van der Waals surface area (Å²) >= 11 is 0. The van der Waals surface area contributed by atoms with Crippen LogP contribution in [0.25, 0.3) is 22.6 Å². The van der Waals surface area contributed by atoms with Gasteiger partial charge in [0.15, 0.2) is 6.61 Å². The molecule has 0 radical (unpaired) electrons. The Morgan fingerprint density at radius 3 is 2.58 bits per heavy atom. The number of benzene rings is 2. The number of aromatic hydroxyl groups is 1. The highest BCUT2D eigenvalue weighted by molar-refractivity contribution is 6.07. The summed E-state index contributed by atoms with van der Waals surface area (Å²) in [6, 6.07) is 16.6. The molecule has 7 heteroatoms. The summed E-state index contributed by atoms with van der Waals surface area (Å²) < 4.78 is 5.49. The molecule has 3 aromatic rings. The average Bonchev–Trinajstić information content (AvgIpc) is 3.29. The Balaban J connectivity index is 1.41. The van der Waals surface area contributed by atoms with Crippen LogP contribution in [0.1, 0.15) is 65.7 Å². The van der Waals surface area contributed by atoms with E-state index >= 15 is 0 Å². The number of aromatic nitrogens is 1. The molecule has 36 heavy (non-hydrogen) atoms. The number of rotatable bonds is 5. The molecule has 0 bridgehead atoms. The fourth-order valence-corrected chi connectivity index (χ4v) is 5.21. The average molecular weight is 482 g/mol. The Kier molecular flexibility index (Phi) is 6.43. The van der Waals surface area contributed by atoms with Gasteiger partial charge in [0.05, 0.1) is 22.8 Å². The molecule has 1 fully saturated rings. The summed E-state index contributed by atoms with van der Waals surface area (Å²) in [7, 11) is 0.